The van der Waals surface area contributed by atoms with Crippen molar-refractivity contribution in [2.75, 3.05) is 6.61 Å². The lowest BCUT2D eigenvalue weighted by Gasteiger charge is -2.05. The molecule has 0 aliphatic heterocycles. The summed E-state index contributed by atoms with van der Waals surface area (Å²) >= 11 is 3.40. The zero-order valence-corrected chi connectivity index (χ0v) is 13.0. The normalized spacial score (nSPS) is 10.3. The monoisotopic (exact) mass is 334 g/mol. The Bertz CT molecular complexity index is 564. The van der Waals surface area contributed by atoms with Crippen LogP contribution in [0.2, 0.25) is 0 Å². The molecule has 104 valence electrons. The summed E-state index contributed by atoms with van der Waals surface area (Å²) in [6.45, 7) is 6.76. The summed E-state index contributed by atoms with van der Waals surface area (Å²) in [4.78, 5) is 5.52. The zero-order valence-electron chi connectivity index (χ0n) is 11.4. The van der Waals surface area contributed by atoms with E-state index in [9.17, 15) is 0 Å². The van der Waals surface area contributed by atoms with Crippen LogP contribution in [0.5, 0.6) is 0 Å². The van der Waals surface area contributed by atoms with E-state index in [2.05, 4.69) is 22.5 Å². The second kappa shape index (κ2) is 7.22. The van der Waals surface area contributed by atoms with Crippen LogP contribution < -0.4 is 9.57 Å². The van der Waals surface area contributed by atoms with E-state index in [0.717, 1.165) is 10.0 Å². The molecule has 0 amide bonds. The number of aromatic nitrogens is 1. The minimum absolute atomic E-state index is 0.358. The van der Waals surface area contributed by atoms with Gasteiger partial charge in [0.15, 0.2) is 5.76 Å². The SMILES string of the molecule is C=C(COCc1ccc(Br)cc1)O[n+]1ccc(C)cc1. The third-order valence-electron chi connectivity index (χ3n) is 2.65. The van der Waals surface area contributed by atoms with Crippen molar-refractivity contribution in [1.82, 2.24) is 0 Å². The molecule has 0 saturated carbocycles. The Morgan fingerprint density at radius 1 is 1.15 bits per heavy atom. The predicted octanol–water partition coefficient (Wildman–Crippen LogP) is 3.20. The number of benzene rings is 1. The Morgan fingerprint density at radius 2 is 1.80 bits per heavy atom. The van der Waals surface area contributed by atoms with Gasteiger partial charge in [-0.15, -0.1) is 0 Å². The molecule has 4 heteroatoms. The van der Waals surface area contributed by atoms with Gasteiger partial charge in [0.25, 0.3) is 0 Å². The molecule has 1 aromatic heterocycles. The molecular weight excluding hydrogens is 318 g/mol. The summed E-state index contributed by atoms with van der Waals surface area (Å²) in [5.74, 6) is 0.566. The highest BCUT2D eigenvalue weighted by molar-refractivity contribution is 9.10. The van der Waals surface area contributed by atoms with Gasteiger partial charge in [-0.1, -0.05) is 34.6 Å². The van der Waals surface area contributed by atoms with E-state index >= 15 is 0 Å². The molecular formula is C16H17BrNO2+. The first-order chi connectivity index (χ1) is 9.63. The molecule has 0 spiro atoms. The summed E-state index contributed by atoms with van der Waals surface area (Å²) in [6, 6.07) is 12.0. The van der Waals surface area contributed by atoms with Crippen molar-refractivity contribution in [2.45, 2.75) is 13.5 Å². The van der Waals surface area contributed by atoms with Crippen molar-refractivity contribution in [3.8, 4) is 0 Å². The van der Waals surface area contributed by atoms with Gasteiger partial charge in [-0.2, -0.15) is 0 Å². The molecule has 2 rings (SSSR count). The summed E-state index contributed by atoms with van der Waals surface area (Å²) in [5.41, 5.74) is 2.30. The van der Waals surface area contributed by atoms with Gasteiger partial charge < -0.3 is 4.74 Å². The summed E-state index contributed by atoms with van der Waals surface area (Å²) in [6.07, 6.45) is 3.68. The number of halogens is 1. The molecule has 2 aromatic rings. The molecule has 0 fully saturated rings. The van der Waals surface area contributed by atoms with E-state index in [1.807, 2.05) is 55.7 Å². The maximum Gasteiger partial charge on any atom is 0.223 e. The number of ether oxygens (including phenoxy) is 1. The molecule has 0 aliphatic carbocycles. The molecule has 0 radical (unpaired) electrons. The van der Waals surface area contributed by atoms with Crippen LogP contribution in [0, 0.1) is 6.92 Å². The average molecular weight is 335 g/mol. The standard InChI is InChI=1S/C16H17BrNO2/c1-13-7-9-18(10-8-13)20-14(2)11-19-12-15-3-5-16(17)6-4-15/h3-10H,2,11-12H2,1H3/q+1. The fourth-order valence-electron chi connectivity index (χ4n) is 1.59. The molecule has 0 N–H and O–H groups in total. The Kier molecular flexibility index (Phi) is 5.32. The molecule has 0 saturated heterocycles. The van der Waals surface area contributed by atoms with E-state index in [1.165, 1.54) is 5.56 Å². The van der Waals surface area contributed by atoms with Crippen LogP contribution in [0.15, 0.2) is 65.6 Å². The van der Waals surface area contributed by atoms with Crippen LogP contribution in [0.4, 0.5) is 0 Å². The van der Waals surface area contributed by atoms with Gasteiger partial charge in [-0.3, -0.25) is 0 Å². The van der Waals surface area contributed by atoms with Crippen molar-refractivity contribution in [1.29, 1.82) is 0 Å². The Morgan fingerprint density at radius 3 is 2.45 bits per heavy atom. The fourth-order valence-corrected chi connectivity index (χ4v) is 1.85. The number of rotatable bonds is 6. The van der Waals surface area contributed by atoms with E-state index in [0.29, 0.717) is 19.0 Å². The van der Waals surface area contributed by atoms with Gasteiger partial charge in [-0.25, -0.2) is 4.84 Å². The third kappa shape index (κ3) is 4.79. The summed E-state index contributed by atoms with van der Waals surface area (Å²) in [5, 5.41) is 0. The van der Waals surface area contributed by atoms with Gasteiger partial charge in [0.1, 0.15) is 6.61 Å². The smallest absolute Gasteiger partial charge is 0.223 e. The van der Waals surface area contributed by atoms with Crippen molar-refractivity contribution < 1.29 is 14.3 Å². The second-order valence-corrected chi connectivity index (χ2v) is 5.40. The highest BCUT2D eigenvalue weighted by atomic mass is 79.9. The number of nitrogens with zero attached hydrogens (tertiary/aromatic N) is 1. The Balaban J connectivity index is 1.75. The van der Waals surface area contributed by atoms with Crippen LogP contribution in [0.3, 0.4) is 0 Å². The molecule has 0 unspecified atom stereocenters. The first-order valence-corrected chi connectivity index (χ1v) is 7.09. The molecule has 0 atom stereocenters. The van der Waals surface area contributed by atoms with Gasteiger partial charge in [0.2, 0.25) is 12.4 Å². The van der Waals surface area contributed by atoms with Gasteiger partial charge in [-0.05, 0) is 30.2 Å². The lowest BCUT2D eigenvalue weighted by Crippen LogP contribution is -2.41. The number of aryl methyl sites for hydroxylation is 1. The Labute approximate surface area is 127 Å². The van der Waals surface area contributed by atoms with Gasteiger partial charge in [0, 0.05) is 21.3 Å². The highest BCUT2D eigenvalue weighted by Crippen LogP contribution is 2.11. The van der Waals surface area contributed by atoms with E-state index in [4.69, 9.17) is 9.57 Å². The fraction of sp³-hybridized carbons (Fsp3) is 0.188. The van der Waals surface area contributed by atoms with Crippen molar-refractivity contribution in [2.24, 2.45) is 0 Å². The van der Waals surface area contributed by atoms with Crippen LogP contribution in [-0.2, 0) is 11.3 Å². The van der Waals surface area contributed by atoms with Crippen LogP contribution >= 0.6 is 15.9 Å². The van der Waals surface area contributed by atoms with Crippen molar-refractivity contribution >= 4 is 15.9 Å². The lowest BCUT2D eigenvalue weighted by atomic mass is 10.2. The maximum atomic E-state index is 5.56. The topological polar surface area (TPSA) is 22.3 Å². The maximum absolute atomic E-state index is 5.56. The lowest BCUT2D eigenvalue weighted by molar-refractivity contribution is -0.880. The average Bonchev–Trinajstić information content (AvgIpc) is 2.44. The minimum Gasteiger partial charge on any atom is -0.369 e. The van der Waals surface area contributed by atoms with E-state index in [-0.39, 0.29) is 0 Å². The van der Waals surface area contributed by atoms with Gasteiger partial charge in [0.05, 0.1) is 6.61 Å². The zero-order chi connectivity index (χ0) is 14.4. The van der Waals surface area contributed by atoms with Crippen molar-refractivity contribution in [3.63, 3.8) is 0 Å². The van der Waals surface area contributed by atoms with Crippen molar-refractivity contribution in [3.05, 3.63) is 76.7 Å². The summed E-state index contributed by atoms with van der Waals surface area (Å²) in [7, 11) is 0. The number of pyridine rings is 1. The quantitative estimate of drug-likeness (QED) is 0.598. The second-order valence-electron chi connectivity index (χ2n) is 4.48. The van der Waals surface area contributed by atoms with E-state index < -0.39 is 0 Å². The molecule has 20 heavy (non-hydrogen) atoms. The molecule has 0 bridgehead atoms. The first kappa shape index (κ1) is 14.8. The first-order valence-electron chi connectivity index (χ1n) is 6.30. The number of hydrogen-bond donors (Lipinski definition) is 0. The molecule has 0 aliphatic rings. The largest absolute Gasteiger partial charge is 0.369 e. The van der Waals surface area contributed by atoms with E-state index in [1.54, 1.807) is 4.73 Å². The summed E-state index contributed by atoms with van der Waals surface area (Å²) < 4.78 is 8.23. The third-order valence-corrected chi connectivity index (χ3v) is 3.18. The highest BCUT2D eigenvalue weighted by Gasteiger charge is 2.05. The molecule has 3 nitrogen and oxygen atoms in total. The van der Waals surface area contributed by atoms with Crippen LogP contribution in [0.1, 0.15) is 11.1 Å². The van der Waals surface area contributed by atoms with Gasteiger partial charge >= 0.3 is 0 Å². The van der Waals surface area contributed by atoms with Crippen LogP contribution in [-0.4, -0.2) is 6.61 Å². The molecule has 1 aromatic carbocycles. The predicted molar refractivity (Wildman–Crippen MR) is 80.9 cm³/mol. The Hall–Kier alpha value is -1.65. The minimum atomic E-state index is 0.358. The number of hydrogen-bond acceptors (Lipinski definition) is 2. The molecule has 1 heterocycles. The van der Waals surface area contributed by atoms with Crippen LogP contribution in [0.25, 0.3) is 0 Å².